The number of nitrogens with zero attached hydrogens (tertiary/aromatic N) is 3. The first-order chi connectivity index (χ1) is 22.1. The molecule has 13 heteroatoms. The number of halogens is 2. The second-order valence-corrected chi connectivity index (χ2v) is 12.3. The third kappa shape index (κ3) is 8.11. The molecule has 5 rings (SSSR count). The molecule has 2 aromatic carbocycles. The molecule has 0 radical (unpaired) electrons. The highest BCUT2D eigenvalue weighted by molar-refractivity contribution is 6.31. The first-order valence-electron chi connectivity index (χ1n) is 15.6. The molecule has 2 aromatic heterocycles. The highest BCUT2D eigenvalue weighted by Gasteiger charge is 2.22. The van der Waals surface area contributed by atoms with Crippen molar-refractivity contribution in [3.63, 3.8) is 0 Å². The van der Waals surface area contributed by atoms with Crippen LogP contribution in [0.15, 0.2) is 65.5 Å². The van der Waals surface area contributed by atoms with Crippen LogP contribution in [0.4, 0.5) is 4.39 Å². The van der Waals surface area contributed by atoms with E-state index in [4.69, 9.17) is 17.3 Å². The van der Waals surface area contributed by atoms with Gasteiger partial charge in [0.15, 0.2) is 11.6 Å². The fourth-order valence-electron chi connectivity index (χ4n) is 6.00. The van der Waals surface area contributed by atoms with Gasteiger partial charge in [-0.25, -0.2) is 9.18 Å². The number of hydrogen-bond acceptors (Lipinski definition) is 8. The fourth-order valence-corrected chi connectivity index (χ4v) is 6.24. The Morgan fingerprint density at radius 2 is 2.07 bits per heavy atom. The molecular weight excluding hydrogens is 611 g/mol. The van der Waals surface area contributed by atoms with Gasteiger partial charge in [-0.2, -0.15) is 4.98 Å². The number of aromatic nitrogens is 3. The van der Waals surface area contributed by atoms with Gasteiger partial charge in [0.1, 0.15) is 5.65 Å². The summed E-state index contributed by atoms with van der Waals surface area (Å²) in [5.41, 5.74) is 9.31. The predicted octanol–water partition coefficient (Wildman–Crippen LogP) is 5.30. The van der Waals surface area contributed by atoms with E-state index < -0.39 is 16.4 Å². The van der Waals surface area contributed by atoms with Crippen LogP contribution in [-0.4, -0.2) is 45.1 Å². The Hall–Kier alpha value is -4.26. The fraction of sp³-hybridized carbons (Fsp3) is 0.394. The standard InChI is InChI=1S/C33H40ClFN8O3/c1-20(36)5-3-6-21-15-26(31(35)27(34)16-21)29-17-23-18-42(33(44)41-32(23)40-29)25-11-9-22(10-12-25)28-8-4-7-24(39-28)13-14-38-30(37-2)19-43(45)46/h9-12,15-20,24,28,37-39H,3-8,13-14,36H2,1-2H3,(H,40,41,44)/b30-19-/t20-,24-,28-/m0/s1. The van der Waals surface area contributed by atoms with Crippen molar-refractivity contribution < 1.29 is 9.31 Å². The summed E-state index contributed by atoms with van der Waals surface area (Å²) >= 11 is 6.26. The van der Waals surface area contributed by atoms with Crippen molar-refractivity contribution in [1.29, 1.82) is 0 Å². The summed E-state index contributed by atoms with van der Waals surface area (Å²) in [5.74, 6) is -0.152. The number of hydrogen-bond donors (Lipinski definition) is 5. The van der Waals surface area contributed by atoms with Crippen molar-refractivity contribution in [1.82, 2.24) is 30.5 Å². The van der Waals surface area contributed by atoms with Gasteiger partial charge in [0.2, 0.25) is 0 Å². The van der Waals surface area contributed by atoms with E-state index in [-0.39, 0.29) is 23.1 Å². The Morgan fingerprint density at radius 1 is 1.28 bits per heavy atom. The monoisotopic (exact) mass is 650 g/mol. The van der Waals surface area contributed by atoms with Crippen LogP contribution in [0.25, 0.3) is 28.0 Å². The first-order valence-corrected chi connectivity index (χ1v) is 16.0. The summed E-state index contributed by atoms with van der Waals surface area (Å²) in [6.45, 7) is 2.56. The lowest BCUT2D eigenvalue weighted by atomic mass is 9.92. The molecule has 244 valence electrons. The number of nitrogens with one attached hydrogen (secondary N) is 4. The van der Waals surface area contributed by atoms with Crippen molar-refractivity contribution >= 4 is 22.6 Å². The average Bonchev–Trinajstić information content (AvgIpc) is 3.44. The van der Waals surface area contributed by atoms with E-state index in [0.29, 0.717) is 40.3 Å². The van der Waals surface area contributed by atoms with Crippen molar-refractivity contribution in [2.24, 2.45) is 5.73 Å². The number of aryl methyl sites for hydroxylation is 1. The largest absolute Gasteiger partial charge is 0.370 e. The van der Waals surface area contributed by atoms with Crippen molar-refractivity contribution in [2.45, 2.75) is 70.0 Å². The predicted molar refractivity (Wildman–Crippen MR) is 179 cm³/mol. The molecule has 0 aliphatic carbocycles. The molecule has 3 heterocycles. The van der Waals surface area contributed by atoms with E-state index in [1.165, 1.54) is 4.57 Å². The lowest BCUT2D eigenvalue weighted by Crippen LogP contribution is -2.39. The lowest BCUT2D eigenvalue weighted by molar-refractivity contribution is -0.404. The lowest BCUT2D eigenvalue weighted by Gasteiger charge is -2.31. The van der Waals surface area contributed by atoms with E-state index >= 15 is 4.39 Å². The molecule has 0 saturated carbocycles. The van der Waals surface area contributed by atoms with E-state index in [0.717, 1.165) is 62.3 Å². The van der Waals surface area contributed by atoms with E-state index in [2.05, 4.69) is 25.9 Å². The van der Waals surface area contributed by atoms with Gasteiger partial charge in [-0.1, -0.05) is 30.2 Å². The molecule has 1 saturated heterocycles. The quantitative estimate of drug-likeness (QED) is 0.0964. The topological polar surface area (TPSA) is 156 Å². The molecule has 3 atom stereocenters. The maximum Gasteiger partial charge on any atom is 0.354 e. The van der Waals surface area contributed by atoms with Crippen LogP contribution in [0, 0.1) is 15.9 Å². The minimum absolute atomic E-state index is 0.0443. The van der Waals surface area contributed by atoms with E-state index in [9.17, 15) is 14.9 Å². The molecule has 0 amide bonds. The summed E-state index contributed by atoms with van der Waals surface area (Å²) in [7, 11) is 1.64. The Bertz CT molecular complexity index is 1770. The van der Waals surface area contributed by atoms with Gasteiger partial charge in [0, 0.05) is 48.9 Å². The van der Waals surface area contributed by atoms with Gasteiger partial charge >= 0.3 is 5.69 Å². The maximum atomic E-state index is 15.1. The summed E-state index contributed by atoms with van der Waals surface area (Å²) < 4.78 is 16.6. The normalized spacial score (nSPS) is 17.6. The zero-order valence-corrected chi connectivity index (χ0v) is 26.7. The Balaban J connectivity index is 1.29. The highest BCUT2D eigenvalue weighted by Crippen LogP contribution is 2.32. The van der Waals surface area contributed by atoms with E-state index in [1.807, 2.05) is 31.2 Å². The van der Waals surface area contributed by atoms with Crippen LogP contribution in [0.3, 0.4) is 0 Å². The van der Waals surface area contributed by atoms with Crippen molar-refractivity contribution in [3.05, 3.63) is 103 Å². The number of piperidine rings is 1. The number of benzene rings is 2. The number of nitrogens with two attached hydrogens (primary N) is 1. The minimum Gasteiger partial charge on any atom is -0.370 e. The van der Waals surface area contributed by atoms with Gasteiger partial charge in [-0.15, -0.1) is 0 Å². The first kappa shape index (κ1) is 33.1. The smallest absolute Gasteiger partial charge is 0.354 e. The molecule has 0 unspecified atom stereocenters. The van der Waals surface area contributed by atoms with Crippen LogP contribution in [-0.2, 0) is 6.42 Å². The molecule has 46 heavy (non-hydrogen) atoms. The van der Waals surface area contributed by atoms with Crippen LogP contribution >= 0.6 is 11.6 Å². The van der Waals surface area contributed by atoms with Crippen LogP contribution in [0.2, 0.25) is 5.02 Å². The molecule has 1 aliphatic heterocycles. The molecular formula is C33H40ClFN8O3. The third-order valence-electron chi connectivity index (χ3n) is 8.38. The van der Waals surface area contributed by atoms with Gasteiger partial charge < -0.3 is 26.7 Å². The van der Waals surface area contributed by atoms with Gasteiger partial charge in [0.25, 0.3) is 6.20 Å². The van der Waals surface area contributed by atoms with Crippen molar-refractivity contribution in [3.8, 4) is 16.9 Å². The molecule has 1 fully saturated rings. The van der Waals surface area contributed by atoms with Crippen molar-refractivity contribution in [2.75, 3.05) is 13.6 Å². The minimum atomic E-state index is -0.529. The average molecular weight is 651 g/mol. The molecule has 1 aliphatic rings. The third-order valence-corrected chi connectivity index (χ3v) is 8.65. The second-order valence-electron chi connectivity index (χ2n) is 11.9. The Kier molecular flexibility index (Phi) is 10.7. The van der Waals surface area contributed by atoms with Crippen LogP contribution in [0.1, 0.15) is 62.6 Å². The molecule has 6 N–H and O–H groups in total. The molecule has 4 aromatic rings. The molecule has 0 spiro atoms. The number of nitro groups is 1. The zero-order valence-electron chi connectivity index (χ0n) is 26.0. The zero-order chi connectivity index (χ0) is 32.8. The number of H-pyrrole nitrogens is 1. The summed E-state index contributed by atoms with van der Waals surface area (Å²) in [6.07, 6.45) is 8.97. The second kappa shape index (κ2) is 14.9. The molecule has 11 nitrogen and oxygen atoms in total. The van der Waals surface area contributed by atoms with Gasteiger partial charge in [0.05, 0.1) is 21.3 Å². The number of aromatic amines is 1. The summed E-state index contributed by atoms with van der Waals surface area (Å²) in [5, 5.41) is 21.0. The Labute approximate surface area is 271 Å². The SMILES string of the molecule is CN/C(=C/[N+](=O)[O-])NCC[C@@H]1CCC[C@@H](c2ccc(-n3cc4cc(-c5cc(CCC[C@H](C)N)cc(Cl)c5F)[nH]c4nc3=O)cc2)N1. The summed E-state index contributed by atoms with van der Waals surface area (Å²) in [4.78, 5) is 30.6. The van der Waals surface area contributed by atoms with Gasteiger partial charge in [-0.05, 0) is 86.9 Å². The summed E-state index contributed by atoms with van der Waals surface area (Å²) in [6, 6.07) is 13.6. The van der Waals surface area contributed by atoms with Gasteiger partial charge in [-0.3, -0.25) is 14.7 Å². The highest BCUT2D eigenvalue weighted by atomic mass is 35.5. The van der Waals surface area contributed by atoms with Crippen LogP contribution in [0.5, 0.6) is 0 Å². The molecule has 0 bridgehead atoms. The number of fused-ring (bicyclic) bond motifs is 1. The Morgan fingerprint density at radius 3 is 2.78 bits per heavy atom. The number of rotatable bonds is 13. The van der Waals surface area contributed by atoms with Crippen LogP contribution < -0.4 is 27.4 Å². The van der Waals surface area contributed by atoms with E-state index in [1.54, 1.807) is 31.4 Å². The maximum absolute atomic E-state index is 15.1.